The second-order valence-corrected chi connectivity index (χ2v) is 3.21. The Hall–Kier alpha value is -2.23. The summed E-state index contributed by atoms with van der Waals surface area (Å²) in [6.07, 6.45) is 0. The minimum Gasteiger partial charge on any atom is -0.507 e. The van der Waals surface area contributed by atoms with E-state index in [1.807, 2.05) is 0 Å². The van der Waals surface area contributed by atoms with Gasteiger partial charge in [0.2, 0.25) is 0 Å². The zero-order valence-electron chi connectivity index (χ0n) is 7.77. The zero-order valence-corrected chi connectivity index (χ0v) is 7.77. The van der Waals surface area contributed by atoms with Crippen LogP contribution in [0.1, 0.15) is 10.4 Å². The normalized spacial score (nSPS) is 10.4. The Balaban J connectivity index is 2.95. The lowest BCUT2D eigenvalue weighted by Crippen LogP contribution is -1.99. The molecule has 0 aliphatic heterocycles. The minimum absolute atomic E-state index is 0.00639. The van der Waals surface area contributed by atoms with Crippen molar-refractivity contribution in [3.8, 4) is 5.75 Å². The number of anilines is 1. The largest absolute Gasteiger partial charge is 0.507 e. The van der Waals surface area contributed by atoms with Crippen molar-refractivity contribution in [1.82, 2.24) is 0 Å². The summed E-state index contributed by atoms with van der Waals surface area (Å²) in [5.74, 6) is -1.04. The van der Waals surface area contributed by atoms with Gasteiger partial charge in [-0.15, -0.1) is 0 Å². The predicted molar refractivity (Wildman–Crippen MR) is 57.0 cm³/mol. The Morgan fingerprint density at radius 3 is 2.60 bits per heavy atom. The summed E-state index contributed by atoms with van der Waals surface area (Å²) in [6, 6.07) is 7.59. The van der Waals surface area contributed by atoms with Crippen LogP contribution in [0, 0.1) is 0 Å². The Kier molecular flexibility index (Phi) is 1.97. The Bertz CT molecular complexity index is 541. The molecular weight excluding hydrogens is 194 g/mol. The van der Waals surface area contributed by atoms with E-state index in [4.69, 9.17) is 10.8 Å². The highest BCUT2D eigenvalue weighted by Gasteiger charge is 2.11. The molecule has 0 saturated carbocycles. The van der Waals surface area contributed by atoms with Crippen LogP contribution in [-0.4, -0.2) is 16.2 Å². The van der Waals surface area contributed by atoms with Gasteiger partial charge in [0, 0.05) is 16.5 Å². The maximum atomic E-state index is 10.9. The number of phenols is 1. The molecule has 0 fully saturated rings. The molecule has 2 aromatic rings. The molecule has 0 aliphatic carbocycles. The van der Waals surface area contributed by atoms with Crippen molar-refractivity contribution in [3.63, 3.8) is 0 Å². The number of phenolic OH excluding ortho intramolecular Hbond substituents is 1. The molecular formula is C11H9NO3. The summed E-state index contributed by atoms with van der Waals surface area (Å²) in [6.45, 7) is 0. The fourth-order valence-electron chi connectivity index (χ4n) is 1.60. The van der Waals surface area contributed by atoms with Gasteiger partial charge in [-0.3, -0.25) is 0 Å². The zero-order chi connectivity index (χ0) is 11.0. The van der Waals surface area contributed by atoms with E-state index in [1.54, 1.807) is 12.1 Å². The molecule has 76 valence electrons. The smallest absolute Gasteiger partial charge is 0.336 e. The van der Waals surface area contributed by atoms with E-state index in [0.717, 1.165) is 0 Å². The van der Waals surface area contributed by atoms with Crippen molar-refractivity contribution >= 4 is 22.4 Å². The molecule has 0 spiro atoms. The number of hydrogen-bond acceptors (Lipinski definition) is 3. The number of nitrogen functional groups attached to an aromatic ring is 1. The number of carboxylic acids is 1. The standard InChI is InChI=1S/C11H9NO3/c12-8-5-4-7(11(14)15)6-2-1-3-9(13)10(6)8/h1-5,13H,12H2,(H,14,15). The molecule has 4 nitrogen and oxygen atoms in total. The molecule has 0 bridgehead atoms. The van der Waals surface area contributed by atoms with Gasteiger partial charge < -0.3 is 15.9 Å². The number of rotatable bonds is 1. The van der Waals surface area contributed by atoms with Gasteiger partial charge in [-0.25, -0.2) is 4.79 Å². The number of nitrogens with two attached hydrogens (primary N) is 1. The van der Waals surface area contributed by atoms with E-state index >= 15 is 0 Å². The van der Waals surface area contributed by atoms with Crippen molar-refractivity contribution < 1.29 is 15.0 Å². The lowest BCUT2D eigenvalue weighted by molar-refractivity contribution is 0.0699. The lowest BCUT2D eigenvalue weighted by Gasteiger charge is -2.06. The quantitative estimate of drug-likeness (QED) is 0.617. The highest BCUT2D eigenvalue weighted by Crippen LogP contribution is 2.31. The Morgan fingerprint density at radius 2 is 1.93 bits per heavy atom. The number of aromatic hydroxyl groups is 1. The summed E-state index contributed by atoms with van der Waals surface area (Å²) >= 11 is 0. The summed E-state index contributed by atoms with van der Waals surface area (Å²) in [5, 5.41) is 19.4. The maximum absolute atomic E-state index is 10.9. The molecule has 0 unspecified atom stereocenters. The van der Waals surface area contributed by atoms with Crippen LogP contribution in [0.15, 0.2) is 30.3 Å². The molecule has 2 aromatic carbocycles. The molecule has 4 heteroatoms. The van der Waals surface area contributed by atoms with Crippen LogP contribution in [0.4, 0.5) is 5.69 Å². The molecule has 0 aliphatic rings. The minimum atomic E-state index is -1.04. The number of fused-ring (bicyclic) bond motifs is 1. The first kappa shape index (κ1) is 9.33. The van der Waals surface area contributed by atoms with Gasteiger partial charge in [-0.1, -0.05) is 12.1 Å². The molecule has 2 rings (SSSR count). The molecule has 0 radical (unpaired) electrons. The predicted octanol–water partition coefficient (Wildman–Crippen LogP) is 1.83. The molecule has 0 heterocycles. The highest BCUT2D eigenvalue weighted by molar-refractivity contribution is 6.09. The monoisotopic (exact) mass is 203 g/mol. The average Bonchev–Trinajstić information content (AvgIpc) is 2.17. The van der Waals surface area contributed by atoms with Crippen molar-refractivity contribution in [2.45, 2.75) is 0 Å². The highest BCUT2D eigenvalue weighted by atomic mass is 16.4. The van der Waals surface area contributed by atoms with E-state index in [9.17, 15) is 9.90 Å². The lowest BCUT2D eigenvalue weighted by atomic mass is 10.0. The van der Waals surface area contributed by atoms with Crippen LogP contribution < -0.4 is 5.73 Å². The van der Waals surface area contributed by atoms with Crippen LogP contribution in [-0.2, 0) is 0 Å². The van der Waals surface area contributed by atoms with E-state index < -0.39 is 5.97 Å². The number of benzene rings is 2. The molecule has 4 N–H and O–H groups in total. The number of carboxylic acid groups (broad SMARTS) is 1. The van der Waals surface area contributed by atoms with Crippen LogP contribution in [0.25, 0.3) is 10.8 Å². The van der Waals surface area contributed by atoms with E-state index in [0.29, 0.717) is 16.5 Å². The summed E-state index contributed by atoms with van der Waals surface area (Å²) in [5.41, 5.74) is 6.18. The molecule has 0 amide bonds. The van der Waals surface area contributed by atoms with Gasteiger partial charge in [0.15, 0.2) is 0 Å². The van der Waals surface area contributed by atoms with Gasteiger partial charge in [-0.2, -0.15) is 0 Å². The summed E-state index contributed by atoms with van der Waals surface area (Å²) in [7, 11) is 0. The third-order valence-corrected chi connectivity index (χ3v) is 2.28. The Morgan fingerprint density at radius 1 is 1.20 bits per heavy atom. The van der Waals surface area contributed by atoms with Crippen molar-refractivity contribution in [3.05, 3.63) is 35.9 Å². The van der Waals surface area contributed by atoms with Gasteiger partial charge in [-0.05, 0) is 18.2 Å². The van der Waals surface area contributed by atoms with Gasteiger partial charge in [0.25, 0.3) is 0 Å². The van der Waals surface area contributed by atoms with Crippen molar-refractivity contribution in [1.29, 1.82) is 0 Å². The fraction of sp³-hybridized carbons (Fsp3) is 0. The third kappa shape index (κ3) is 1.36. The number of carbonyl (C=O) groups is 1. The topological polar surface area (TPSA) is 83.6 Å². The van der Waals surface area contributed by atoms with Crippen molar-refractivity contribution in [2.24, 2.45) is 0 Å². The molecule has 15 heavy (non-hydrogen) atoms. The van der Waals surface area contributed by atoms with Gasteiger partial charge in [0.05, 0.1) is 5.56 Å². The first-order valence-corrected chi connectivity index (χ1v) is 4.34. The van der Waals surface area contributed by atoms with Crippen LogP contribution in [0.5, 0.6) is 5.75 Å². The first-order chi connectivity index (χ1) is 7.11. The molecule has 0 saturated heterocycles. The second-order valence-electron chi connectivity index (χ2n) is 3.21. The van der Waals surface area contributed by atoms with Gasteiger partial charge in [0.1, 0.15) is 5.75 Å². The SMILES string of the molecule is Nc1ccc(C(=O)O)c2cccc(O)c12. The fourth-order valence-corrected chi connectivity index (χ4v) is 1.60. The van der Waals surface area contributed by atoms with E-state index in [1.165, 1.54) is 18.2 Å². The second kappa shape index (κ2) is 3.16. The van der Waals surface area contributed by atoms with Crippen LogP contribution in [0.3, 0.4) is 0 Å². The van der Waals surface area contributed by atoms with Crippen LogP contribution >= 0.6 is 0 Å². The molecule has 0 aromatic heterocycles. The Labute approximate surface area is 85.6 Å². The number of aromatic carboxylic acids is 1. The van der Waals surface area contributed by atoms with E-state index in [-0.39, 0.29) is 11.3 Å². The first-order valence-electron chi connectivity index (χ1n) is 4.34. The third-order valence-electron chi connectivity index (χ3n) is 2.28. The maximum Gasteiger partial charge on any atom is 0.336 e. The molecule has 0 atom stereocenters. The van der Waals surface area contributed by atoms with Crippen molar-refractivity contribution in [2.75, 3.05) is 5.73 Å². The van der Waals surface area contributed by atoms with Gasteiger partial charge >= 0.3 is 5.97 Å². The van der Waals surface area contributed by atoms with Crippen LogP contribution in [0.2, 0.25) is 0 Å². The summed E-state index contributed by atoms with van der Waals surface area (Å²) in [4.78, 5) is 10.9. The average molecular weight is 203 g/mol. The van der Waals surface area contributed by atoms with E-state index in [2.05, 4.69) is 0 Å². The number of hydrogen-bond donors (Lipinski definition) is 3. The summed E-state index contributed by atoms with van der Waals surface area (Å²) < 4.78 is 0.